The molecule has 1 aliphatic heterocycles. The lowest BCUT2D eigenvalue weighted by Gasteiger charge is -2.43. The number of nitrogens with zero attached hydrogens (tertiary/aromatic N) is 4. The molecule has 2 saturated carbocycles. The number of hydrogen-bond acceptors (Lipinski definition) is 7. The predicted molar refractivity (Wildman–Crippen MR) is 137 cm³/mol. The molecular formula is C27H36F2N6O2. The van der Waals surface area contributed by atoms with Crippen LogP contribution in [0.2, 0.25) is 0 Å². The van der Waals surface area contributed by atoms with Crippen LogP contribution in [0.5, 0.6) is 0 Å². The zero-order valence-corrected chi connectivity index (χ0v) is 21.1. The Hall–Kier alpha value is -2.88. The van der Waals surface area contributed by atoms with Crippen LogP contribution in [0, 0.1) is 0 Å². The van der Waals surface area contributed by atoms with Crippen molar-refractivity contribution < 1.29 is 18.7 Å². The third kappa shape index (κ3) is 6.91. The smallest absolute Gasteiger partial charge is 0.326 e. The molecule has 2 aromatic heterocycles. The van der Waals surface area contributed by atoms with Gasteiger partial charge in [-0.2, -0.15) is 0 Å². The number of fused-ring (bicyclic) bond motifs is 1. The number of aromatic nitrogens is 3. The maximum absolute atomic E-state index is 13.6. The number of alkyl halides is 2. The number of rotatable bonds is 13. The second-order valence-electron chi connectivity index (χ2n) is 10.7. The molecule has 0 saturated heterocycles. The van der Waals surface area contributed by atoms with Crippen LogP contribution in [0.1, 0.15) is 74.1 Å². The lowest BCUT2D eigenvalue weighted by atomic mass is 9.86. The van der Waals surface area contributed by atoms with Gasteiger partial charge in [0.05, 0.1) is 0 Å². The predicted octanol–water partition coefficient (Wildman–Crippen LogP) is 4.48. The van der Waals surface area contributed by atoms with E-state index in [1.807, 2.05) is 4.90 Å². The Balaban J connectivity index is 1.12. The highest BCUT2D eigenvalue weighted by Gasteiger charge is 2.47. The molecule has 2 aliphatic carbocycles. The van der Waals surface area contributed by atoms with Gasteiger partial charge in [0, 0.05) is 50.1 Å². The summed E-state index contributed by atoms with van der Waals surface area (Å²) in [4.78, 5) is 27.2. The number of carboxylic acid groups (broad SMARTS) is 1. The number of unbranched alkanes of at least 4 members (excludes halogenated alkanes) is 1. The fourth-order valence-corrected chi connectivity index (χ4v) is 5.24. The summed E-state index contributed by atoms with van der Waals surface area (Å²) in [7, 11) is 0. The van der Waals surface area contributed by atoms with Crippen molar-refractivity contribution in [3.63, 3.8) is 0 Å². The Morgan fingerprint density at radius 1 is 1.19 bits per heavy atom. The number of carboxylic acids is 1. The molecule has 2 aromatic rings. The lowest BCUT2D eigenvalue weighted by Crippen LogP contribution is -2.52. The number of nitrogens with one attached hydrogen (secondary N) is 2. The van der Waals surface area contributed by atoms with Crippen LogP contribution in [-0.4, -0.2) is 68.6 Å². The average Bonchev–Trinajstić information content (AvgIpc) is 3.72. The van der Waals surface area contributed by atoms with Gasteiger partial charge in [-0.3, -0.25) is 4.90 Å². The molecule has 0 aromatic carbocycles. The summed E-state index contributed by atoms with van der Waals surface area (Å²) < 4.78 is 27.3. The van der Waals surface area contributed by atoms with E-state index in [0.29, 0.717) is 19.0 Å². The van der Waals surface area contributed by atoms with Crippen LogP contribution in [-0.2, 0) is 17.6 Å². The molecule has 1 atom stereocenters. The Morgan fingerprint density at radius 3 is 2.68 bits per heavy atom. The number of carbonyl (C=O) groups is 1. The van der Waals surface area contributed by atoms with Gasteiger partial charge in [-0.15, -0.1) is 0 Å². The van der Waals surface area contributed by atoms with Crippen molar-refractivity contribution in [2.45, 2.75) is 88.1 Å². The highest BCUT2D eigenvalue weighted by Crippen LogP contribution is 2.41. The summed E-state index contributed by atoms with van der Waals surface area (Å²) in [6.45, 7) is 2.03. The summed E-state index contributed by atoms with van der Waals surface area (Å²) in [5.74, 6) is -1.82. The molecule has 200 valence electrons. The van der Waals surface area contributed by atoms with Gasteiger partial charge >= 0.3 is 5.97 Å². The highest BCUT2D eigenvalue weighted by atomic mass is 19.3. The monoisotopic (exact) mass is 514 g/mol. The van der Waals surface area contributed by atoms with Gasteiger partial charge < -0.3 is 15.7 Å². The fourth-order valence-electron chi connectivity index (χ4n) is 5.24. The van der Waals surface area contributed by atoms with Crippen LogP contribution in [0.3, 0.4) is 0 Å². The Kier molecular flexibility index (Phi) is 7.83. The molecule has 37 heavy (non-hydrogen) atoms. The van der Waals surface area contributed by atoms with Gasteiger partial charge in [0.2, 0.25) is 5.95 Å². The van der Waals surface area contributed by atoms with Crippen LogP contribution < -0.4 is 10.6 Å². The molecule has 2 fully saturated rings. The first-order chi connectivity index (χ1) is 17.9. The lowest BCUT2D eigenvalue weighted by molar-refractivity contribution is -0.139. The normalized spacial score (nSPS) is 19.5. The Labute approximate surface area is 216 Å². The third-order valence-electron chi connectivity index (χ3n) is 7.69. The zero-order chi connectivity index (χ0) is 25.8. The van der Waals surface area contributed by atoms with E-state index in [-0.39, 0.29) is 31.3 Å². The van der Waals surface area contributed by atoms with E-state index in [4.69, 9.17) is 4.98 Å². The summed E-state index contributed by atoms with van der Waals surface area (Å²) in [5.41, 5.74) is 3.38. The number of hydrogen-bond donors (Lipinski definition) is 3. The Morgan fingerprint density at radius 2 is 1.97 bits per heavy atom. The maximum atomic E-state index is 13.6. The van der Waals surface area contributed by atoms with E-state index in [1.165, 1.54) is 5.56 Å². The number of pyridine rings is 1. The number of aliphatic carboxylic acids is 1. The highest BCUT2D eigenvalue weighted by molar-refractivity contribution is 5.76. The van der Waals surface area contributed by atoms with E-state index in [0.717, 1.165) is 68.6 Å². The topological polar surface area (TPSA) is 103 Å². The van der Waals surface area contributed by atoms with E-state index >= 15 is 0 Å². The molecule has 3 N–H and O–H groups in total. The summed E-state index contributed by atoms with van der Waals surface area (Å²) >= 11 is 0. The number of anilines is 2. The van der Waals surface area contributed by atoms with Crippen molar-refractivity contribution in [1.29, 1.82) is 0 Å². The minimum Gasteiger partial charge on any atom is -0.480 e. The molecule has 3 aliphatic rings. The van der Waals surface area contributed by atoms with Crippen molar-refractivity contribution >= 4 is 17.7 Å². The van der Waals surface area contributed by atoms with Crippen molar-refractivity contribution in [2.75, 3.05) is 30.3 Å². The molecular weight excluding hydrogens is 478 g/mol. The quantitative estimate of drug-likeness (QED) is 0.336. The van der Waals surface area contributed by atoms with Crippen LogP contribution >= 0.6 is 0 Å². The standard InChI is InChI=1S/C27H36F2N6O2/c28-27(29)14-22(15-27)35(12-2-1-5-21-9-8-19-4-3-11-30-24(19)33-21)13-10-23(25(36)37)34-26-31-16-20(17-32-26)18-6-7-18/h8-9,16-18,22-23H,1-7,10-15H2,(H,30,33)(H,36,37)(H,31,32,34). The molecule has 0 amide bonds. The first kappa shape index (κ1) is 25.8. The SMILES string of the molecule is O=C(O)C(CCN(CCCCc1ccc2c(n1)NCCC2)C1CC(F)(F)C1)Nc1ncc(C2CC2)cn1. The molecule has 0 bridgehead atoms. The average molecular weight is 515 g/mol. The van der Waals surface area contributed by atoms with Gasteiger partial charge in [0.25, 0.3) is 5.92 Å². The van der Waals surface area contributed by atoms with Gasteiger partial charge in [-0.05, 0) is 81.0 Å². The van der Waals surface area contributed by atoms with Gasteiger partial charge in [-0.1, -0.05) is 6.07 Å². The molecule has 10 heteroatoms. The van der Waals surface area contributed by atoms with E-state index in [2.05, 4.69) is 32.7 Å². The Bertz CT molecular complexity index is 1070. The summed E-state index contributed by atoms with van der Waals surface area (Å²) in [6, 6.07) is 3.12. The number of aryl methyl sites for hydroxylation is 2. The molecule has 8 nitrogen and oxygen atoms in total. The second-order valence-corrected chi connectivity index (χ2v) is 10.7. The van der Waals surface area contributed by atoms with Crippen LogP contribution in [0.25, 0.3) is 0 Å². The largest absolute Gasteiger partial charge is 0.480 e. The molecule has 3 heterocycles. The summed E-state index contributed by atoms with van der Waals surface area (Å²) in [5, 5.41) is 16.0. The minimum atomic E-state index is -2.62. The van der Waals surface area contributed by atoms with Crippen LogP contribution in [0.15, 0.2) is 24.5 Å². The second kappa shape index (κ2) is 11.2. The van der Waals surface area contributed by atoms with Crippen molar-refractivity contribution in [2.24, 2.45) is 0 Å². The van der Waals surface area contributed by atoms with Crippen molar-refractivity contribution in [1.82, 2.24) is 19.9 Å². The van der Waals surface area contributed by atoms with Gasteiger partial charge in [0.1, 0.15) is 11.9 Å². The number of halogens is 2. The molecule has 0 radical (unpaired) electrons. The van der Waals surface area contributed by atoms with Crippen molar-refractivity contribution in [3.05, 3.63) is 41.3 Å². The van der Waals surface area contributed by atoms with E-state index in [9.17, 15) is 18.7 Å². The van der Waals surface area contributed by atoms with Crippen LogP contribution in [0.4, 0.5) is 20.5 Å². The first-order valence-corrected chi connectivity index (χ1v) is 13.5. The van der Waals surface area contributed by atoms with E-state index in [1.54, 1.807) is 12.4 Å². The first-order valence-electron chi connectivity index (χ1n) is 13.5. The zero-order valence-electron chi connectivity index (χ0n) is 21.1. The summed E-state index contributed by atoms with van der Waals surface area (Å²) in [6.07, 6.45) is 10.5. The molecule has 0 spiro atoms. The van der Waals surface area contributed by atoms with Gasteiger partial charge in [0.15, 0.2) is 0 Å². The van der Waals surface area contributed by atoms with E-state index < -0.39 is 17.9 Å². The third-order valence-corrected chi connectivity index (χ3v) is 7.69. The maximum Gasteiger partial charge on any atom is 0.326 e. The van der Waals surface area contributed by atoms with Gasteiger partial charge in [-0.25, -0.2) is 28.5 Å². The molecule has 1 unspecified atom stereocenters. The minimum absolute atomic E-state index is 0.165. The fraction of sp³-hybridized carbons (Fsp3) is 0.630. The van der Waals surface area contributed by atoms with Crippen molar-refractivity contribution in [3.8, 4) is 0 Å². The molecule has 5 rings (SSSR count).